The maximum absolute atomic E-state index is 3.41. The summed E-state index contributed by atoms with van der Waals surface area (Å²) in [7, 11) is 0. The third-order valence-electron chi connectivity index (χ3n) is 2.30. The van der Waals surface area contributed by atoms with Gasteiger partial charge in [0.1, 0.15) is 0 Å². The van der Waals surface area contributed by atoms with Gasteiger partial charge in [0, 0.05) is 6.04 Å². The van der Waals surface area contributed by atoms with E-state index in [4.69, 9.17) is 0 Å². The number of nitrogens with one attached hydrogen (secondary N) is 1. The molecule has 0 unspecified atom stereocenters. The Labute approximate surface area is 56.3 Å². The molecule has 2 fully saturated rings. The lowest BCUT2D eigenvalue weighted by atomic mass is 9.96. The van der Waals surface area contributed by atoms with Crippen LogP contribution in [0.4, 0.5) is 0 Å². The largest absolute Gasteiger partial charge is 0.313 e. The van der Waals surface area contributed by atoms with Crippen LogP contribution < -0.4 is 5.32 Å². The van der Waals surface area contributed by atoms with Crippen molar-refractivity contribution < 1.29 is 0 Å². The van der Waals surface area contributed by atoms with E-state index in [9.17, 15) is 0 Å². The van der Waals surface area contributed by atoms with Crippen molar-refractivity contribution in [1.29, 1.82) is 0 Å². The molecule has 1 N–H and O–H groups in total. The molecule has 0 aromatic carbocycles. The van der Waals surface area contributed by atoms with Gasteiger partial charge in [-0.3, -0.25) is 0 Å². The number of rotatable bonds is 0. The first-order valence-corrected chi connectivity index (χ1v) is 3.20. The average molecular weight is 134 g/mol. The van der Waals surface area contributed by atoms with Gasteiger partial charge in [0.05, 0.1) is 0 Å². The fraction of sp³-hybridized carbons (Fsp3) is 1.00. The third-order valence-corrected chi connectivity index (χ3v) is 2.30. The quantitative estimate of drug-likeness (QED) is 0.524. The summed E-state index contributed by atoms with van der Waals surface area (Å²) in [4.78, 5) is 0. The maximum Gasteiger partial charge on any atom is 0.0108 e. The van der Waals surface area contributed by atoms with Crippen molar-refractivity contribution in [1.82, 2.24) is 5.32 Å². The standard InChI is InChI=1S/C6H11N.ClH/c1-2-5-4-7-6(5)3-1;/h5-7H,1-4H2;1H/t5-,6-;/m0./s1. The van der Waals surface area contributed by atoms with E-state index in [-0.39, 0.29) is 12.4 Å². The van der Waals surface area contributed by atoms with E-state index in [2.05, 4.69) is 5.32 Å². The number of hydrogen-bond donors (Lipinski definition) is 1. The van der Waals surface area contributed by atoms with E-state index >= 15 is 0 Å². The minimum absolute atomic E-state index is 0. The molecule has 2 atom stereocenters. The van der Waals surface area contributed by atoms with Gasteiger partial charge in [-0.25, -0.2) is 0 Å². The highest BCUT2D eigenvalue weighted by Gasteiger charge is 2.33. The average Bonchev–Trinajstić information content (AvgIpc) is 1.85. The normalized spacial score (nSPS) is 42.0. The van der Waals surface area contributed by atoms with Crippen molar-refractivity contribution in [2.45, 2.75) is 25.3 Å². The zero-order valence-electron chi connectivity index (χ0n) is 4.89. The third kappa shape index (κ3) is 0.741. The van der Waals surface area contributed by atoms with Gasteiger partial charge in [-0.05, 0) is 25.3 Å². The highest BCUT2D eigenvalue weighted by molar-refractivity contribution is 5.85. The molecule has 1 saturated heterocycles. The molecule has 0 radical (unpaired) electrons. The summed E-state index contributed by atoms with van der Waals surface area (Å²) < 4.78 is 0. The molecule has 1 aliphatic carbocycles. The Morgan fingerprint density at radius 1 is 1.25 bits per heavy atom. The second-order valence-electron chi connectivity index (χ2n) is 2.71. The molecule has 0 aromatic rings. The molecule has 1 aliphatic heterocycles. The maximum atomic E-state index is 3.41. The summed E-state index contributed by atoms with van der Waals surface area (Å²) in [6.07, 6.45) is 4.42. The van der Waals surface area contributed by atoms with E-state index < -0.39 is 0 Å². The Hall–Kier alpha value is 0.250. The summed E-state index contributed by atoms with van der Waals surface area (Å²) in [5.41, 5.74) is 0. The second-order valence-corrected chi connectivity index (χ2v) is 2.71. The fourth-order valence-corrected chi connectivity index (χ4v) is 1.69. The Balaban J connectivity index is 0.000000320. The van der Waals surface area contributed by atoms with Crippen LogP contribution in [0.15, 0.2) is 0 Å². The topological polar surface area (TPSA) is 12.0 Å². The van der Waals surface area contributed by atoms with E-state index in [0.29, 0.717) is 0 Å². The fourth-order valence-electron chi connectivity index (χ4n) is 1.69. The van der Waals surface area contributed by atoms with Crippen molar-refractivity contribution in [2.24, 2.45) is 5.92 Å². The zero-order chi connectivity index (χ0) is 4.69. The highest BCUT2D eigenvalue weighted by atomic mass is 35.5. The van der Waals surface area contributed by atoms with Crippen LogP contribution in [0.3, 0.4) is 0 Å². The molecular weight excluding hydrogens is 122 g/mol. The minimum atomic E-state index is 0. The first-order chi connectivity index (χ1) is 3.47. The molecule has 0 aromatic heterocycles. The van der Waals surface area contributed by atoms with E-state index in [0.717, 1.165) is 12.0 Å². The zero-order valence-corrected chi connectivity index (χ0v) is 5.71. The van der Waals surface area contributed by atoms with Gasteiger partial charge in [-0.15, -0.1) is 12.4 Å². The van der Waals surface area contributed by atoms with Crippen molar-refractivity contribution in [2.75, 3.05) is 6.54 Å². The molecule has 1 saturated carbocycles. The van der Waals surface area contributed by atoms with Crippen molar-refractivity contribution in [3.8, 4) is 0 Å². The summed E-state index contributed by atoms with van der Waals surface area (Å²) in [6.45, 7) is 1.31. The van der Waals surface area contributed by atoms with Crippen LogP contribution in [0, 0.1) is 5.92 Å². The molecule has 2 aliphatic rings. The second kappa shape index (κ2) is 2.24. The van der Waals surface area contributed by atoms with Crippen LogP contribution in [0.2, 0.25) is 0 Å². The first kappa shape index (κ1) is 6.37. The summed E-state index contributed by atoms with van der Waals surface area (Å²) in [5, 5.41) is 3.41. The van der Waals surface area contributed by atoms with E-state index in [1.165, 1.54) is 25.8 Å². The molecular formula is C6H12ClN. The van der Waals surface area contributed by atoms with Crippen molar-refractivity contribution in [3.05, 3.63) is 0 Å². The molecule has 1 heterocycles. The van der Waals surface area contributed by atoms with Gasteiger partial charge in [0.15, 0.2) is 0 Å². The highest BCUT2D eigenvalue weighted by Crippen LogP contribution is 2.30. The Kier molecular flexibility index (Phi) is 1.78. The van der Waals surface area contributed by atoms with Crippen LogP contribution in [-0.4, -0.2) is 12.6 Å². The van der Waals surface area contributed by atoms with Crippen molar-refractivity contribution >= 4 is 12.4 Å². The lowest BCUT2D eigenvalue weighted by Crippen LogP contribution is -2.49. The van der Waals surface area contributed by atoms with E-state index in [1.807, 2.05) is 0 Å². The summed E-state index contributed by atoms with van der Waals surface area (Å²) in [5.74, 6) is 1.08. The van der Waals surface area contributed by atoms with Gasteiger partial charge >= 0.3 is 0 Å². The molecule has 2 heteroatoms. The van der Waals surface area contributed by atoms with E-state index in [1.54, 1.807) is 0 Å². The summed E-state index contributed by atoms with van der Waals surface area (Å²) >= 11 is 0. The predicted molar refractivity (Wildman–Crippen MR) is 36.4 cm³/mol. The lowest BCUT2D eigenvalue weighted by molar-refractivity contribution is 0.274. The number of hydrogen-bond acceptors (Lipinski definition) is 1. The monoisotopic (exact) mass is 133 g/mol. The molecule has 0 amide bonds. The number of fused-ring (bicyclic) bond motifs is 1. The first-order valence-electron chi connectivity index (χ1n) is 3.20. The van der Waals surface area contributed by atoms with Crippen LogP contribution in [0.1, 0.15) is 19.3 Å². The van der Waals surface area contributed by atoms with Crippen LogP contribution >= 0.6 is 12.4 Å². The number of halogens is 1. The molecule has 1 nitrogen and oxygen atoms in total. The Morgan fingerprint density at radius 2 is 2.12 bits per heavy atom. The van der Waals surface area contributed by atoms with Gasteiger partial charge in [-0.1, -0.05) is 6.42 Å². The molecule has 48 valence electrons. The molecule has 8 heavy (non-hydrogen) atoms. The summed E-state index contributed by atoms with van der Waals surface area (Å²) in [6, 6.07) is 0.944. The predicted octanol–water partition coefficient (Wildman–Crippen LogP) is 1.18. The smallest absolute Gasteiger partial charge is 0.0108 e. The minimum Gasteiger partial charge on any atom is -0.313 e. The molecule has 0 bridgehead atoms. The van der Waals surface area contributed by atoms with Gasteiger partial charge in [0.25, 0.3) is 0 Å². The van der Waals surface area contributed by atoms with Gasteiger partial charge < -0.3 is 5.32 Å². The van der Waals surface area contributed by atoms with Crippen LogP contribution in [0.5, 0.6) is 0 Å². The molecule has 0 spiro atoms. The van der Waals surface area contributed by atoms with Crippen LogP contribution in [0.25, 0.3) is 0 Å². The van der Waals surface area contributed by atoms with Crippen LogP contribution in [-0.2, 0) is 0 Å². The molecule has 2 rings (SSSR count). The lowest BCUT2D eigenvalue weighted by Gasteiger charge is -2.31. The van der Waals surface area contributed by atoms with Gasteiger partial charge in [-0.2, -0.15) is 0 Å². The Morgan fingerprint density at radius 3 is 2.38 bits per heavy atom. The van der Waals surface area contributed by atoms with Crippen molar-refractivity contribution in [3.63, 3.8) is 0 Å². The SMILES string of the molecule is C1C[C@H]2CN[C@H]2C1.Cl. The Bertz CT molecular complexity index is 74.6. The van der Waals surface area contributed by atoms with Gasteiger partial charge in [0.2, 0.25) is 0 Å².